The van der Waals surface area contributed by atoms with Crippen molar-refractivity contribution in [3.8, 4) is 0 Å². The molecule has 0 spiro atoms. The van der Waals surface area contributed by atoms with Gasteiger partial charge in [-0.05, 0) is 30.6 Å². The van der Waals surface area contributed by atoms with Crippen LogP contribution in [-0.2, 0) is 7.05 Å². The molecule has 1 aromatic heterocycles. The number of aromatic nitrogens is 2. The fourth-order valence-electron chi connectivity index (χ4n) is 2.99. The first-order chi connectivity index (χ1) is 8.82. The van der Waals surface area contributed by atoms with E-state index in [1.165, 1.54) is 19.3 Å². The molecule has 1 saturated heterocycles. The van der Waals surface area contributed by atoms with Crippen LogP contribution in [0, 0.1) is 5.41 Å². The minimum Gasteiger partial charge on any atom is -0.394 e. The van der Waals surface area contributed by atoms with E-state index in [2.05, 4.69) is 37.7 Å². The Morgan fingerprint density at radius 3 is 2.47 bits per heavy atom. The van der Waals surface area contributed by atoms with Gasteiger partial charge in [0.2, 0.25) is 0 Å². The van der Waals surface area contributed by atoms with E-state index < -0.39 is 0 Å². The number of hydrogen-bond donors (Lipinski definition) is 1. The van der Waals surface area contributed by atoms with Gasteiger partial charge >= 0.3 is 0 Å². The summed E-state index contributed by atoms with van der Waals surface area (Å²) in [6.07, 6.45) is 3.74. The van der Waals surface area contributed by atoms with Gasteiger partial charge in [0.15, 0.2) is 0 Å². The van der Waals surface area contributed by atoms with E-state index in [1.54, 1.807) is 0 Å². The molecule has 108 valence electrons. The first-order valence-corrected chi connectivity index (χ1v) is 7.39. The number of nitrogen functional groups attached to an aromatic ring is 1. The van der Waals surface area contributed by atoms with Crippen LogP contribution in [0.2, 0.25) is 0 Å². The third kappa shape index (κ3) is 2.88. The molecule has 0 amide bonds. The van der Waals surface area contributed by atoms with E-state index in [9.17, 15) is 0 Å². The van der Waals surface area contributed by atoms with Crippen LogP contribution in [0.15, 0.2) is 0 Å². The molecule has 2 N–H and O–H groups in total. The summed E-state index contributed by atoms with van der Waals surface area (Å²) in [5, 5.41) is 4.60. The SMILES string of the molecule is CC(C)c1nn(C)c(N2CCCC(C)(C)CC2)c1N. The Labute approximate surface area is 117 Å². The minimum absolute atomic E-state index is 0.378. The first kappa shape index (κ1) is 14.2. The molecule has 1 aliphatic heterocycles. The number of rotatable bonds is 2. The van der Waals surface area contributed by atoms with Crippen molar-refractivity contribution in [2.24, 2.45) is 12.5 Å². The third-order valence-corrected chi connectivity index (χ3v) is 4.27. The van der Waals surface area contributed by atoms with E-state index in [4.69, 9.17) is 5.73 Å². The normalized spacial score (nSPS) is 19.8. The molecule has 19 heavy (non-hydrogen) atoms. The maximum Gasteiger partial charge on any atom is 0.150 e. The van der Waals surface area contributed by atoms with Gasteiger partial charge in [0.25, 0.3) is 0 Å². The highest BCUT2D eigenvalue weighted by Crippen LogP contribution is 2.35. The van der Waals surface area contributed by atoms with Gasteiger partial charge in [0.05, 0.1) is 11.4 Å². The zero-order chi connectivity index (χ0) is 14.2. The Morgan fingerprint density at radius 1 is 1.21 bits per heavy atom. The lowest BCUT2D eigenvalue weighted by molar-refractivity contribution is 0.325. The molecule has 0 aromatic carbocycles. The molecule has 4 nitrogen and oxygen atoms in total. The average molecular weight is 264 g/mol. The molecule has 0 aliphatic carbocycles. The fraction of sp³-hybridized carbons (Fsp3) is 0.800. The maximum atomic E-state index is 6.33. The van der Waals surface area contributed by atoms with E-state index in [0.717, 1.165) is 30.3 Å². The largest absolute Gasteiger partial charge is 0.394 e. The van der Waals surface area contributed by atoms with Crippen LogP contribution in [0.25, 0.3) is 0 Å². The van der Waals surface area contributed by atoms with Crippen LogP contribution < -0.4 is 10.6 Å². The Kier molecular flexibility index (Phi) is 3.79. The van der Waals surface area contributed by atoms with Gasteiger partial charge in [-0.15, -0.1) is 0 Å². The van der Waals surface area contributed by atoms with Crippen molar-refractivity contribution in [1.82, 2.24) is 9.78 Å². The Balaban J connectivity index is 2.27. The van der Waals surface area contributed by atoms with Crippen molar-refractivity contribution < 1.29 is 0 Å². The van der Waals surface area contributed by atoms with E-state index in [1.807, 2.05) is 11.7 Å². The predicted octanol–water partition coefficient (Wildman–Crippen LogP) is 3.14. The van der Waals surface area contributed by atoms with Crippen LogP contribution in [0.4, 0.5) is 11.5 Å². The Hall–Kier alpha value is -1.19. The number of nitrogens with zero attached hydrogens (tertiary/aromatic N) is 3. The van der Waals surface area contributed by atoms with Crippen LogP contribution >= 0.6 is 0 Å². The second kappa shape index (κ2) is 5.06. The van der Waals surface area contributed by atoms with Gasteiger partial charge in [-0.1, -0.05) is 27.7 Å². The summed E-state index contributed by atoms with van der Waals surface area (Å²) in [4.78, 5) is 2.42. The van der Waals surface area contributed by atoms with E-state index in [0.29, 0.717) is 11.3 Å². The molecule has 0 radical (unpaired) electrons. The topological polar surface area (TPSA) is 47.1 Å². The van der Waals surface area contributed by atoms with Crippen LogP contribution in [0.5, 0.6) is 0 Å². The number of aryl methyl sites for hydroxylation is 1. The van der Waals surface area contributed by atoms with Gasteiger partial charge in [-0.25, -0.2) is 0 Å². The summed E-state index contributed by atoms with van der Waals surface area (Å²) in [5.74, 6) is 1.49. The lowest BCUT2D eigenvalue weighted by Gasteiger charge is -2.25. The van der Waals surface area contributed by atoms with Crippen molar-refractivity contribution in [2.75, 3.05) is 23.7 Å². The predicted molar refractivity (Wildman–Crippen MR) is 81.6 cm³/mol. The number of nitrogens with two attached hydrogens (primary N) is 1. The number of anilines is 2. The van der Waals surface area contributed by atoms with Crippen molar-refractivity contribution in [3.63, 3.8) is 0 Å². The second-order valence-electron chi connectivity index (χ2n) is 6.91. The highest BCUT2D eigenvalue weighted by Gasteiger charge is 2.27. The van der Waals surface area contributed by atoms with Gasteiger partial charge in [0.1, 0.15) is 5.82 Å². The standard InChI is InChI=1S/C15H28N4/c1-11(2)13-12(16)14(18(5)17-13)19-9-6-7-15(3,4)8-10-19/h11H,6-10,16H2,1-5H3. The summed E-state index contributed by atoms with van der Waals surface area (Å²) in [6.45, 7) is 11.2. The summed E-state index contributed by atoms with van der Waals surface area (Å²) < 4.78 is 1.96. The van der Waals surface area contributed by atoms with Crippen LogP contribution in [0.3, 0.4) is 0 Å². The molecular formula is C15H28N4. The molecule has 2 heterocycles. The number of hydrogen-bond acceptors (Lipinski definition) is 3. The zero-order valence-electron chi connectivity index (χ0n) is 13.0. The highest BCUT2D eigenvalue weighted by atomic mass is 15.4. The third-order valence-electron chi connectivity index (χ3n) is 4.27. The molecule has 0 saturated carbocycles. The summed E-state index contributed by atoms with van der Waals surface area (Å²) >= 11 is 0. The van der Waals surface area contributed by atoms with Gasteiger partial charge in [-0.3, -0.25) is 4.68 Å². The zero-order valence-corrected chi connectivity index (χ0v) is 13.0. The molecular weight excluding hydrogens is 236 g/mol. The van der Waals surface area contributed by atoms with Crippen molar-refractivity contribution >= 4 is 11.5 Å². The van der Waals surface area contributed by atoms with Crippen LogP contribution in [0.1, 0.15) is 58.6 Å². The van der Waals surface area contributed by atoms with Gasteiger partial charge in [-0.2, -0.15) is 5.10 Å². The van der Waals surface area contributed by atoms with E-state index in [-0.39, 0.29) is 0 Å². The monoisotopic (exact) mass is 264 g/mol. The van der Waals surface area contributed by atoms with Crippen molar-refractivity contribution in [3.05, 3.63) is 5.69 Å². The lowest BCUT2D eigenvalue weighted by Crippen LogP contribution is -2.27. The molecule has 4 heteroatoms. The molecule has 0 unspecified atom stereocenters. The molecule has 1 aliphatic rings. The fourth-order valence-corrected chi connectivity index (χ4v) is 2.99. The summed E-state index contributed by atoms with van der Waals surface area (Å²) in [6, 6.07) is 0. The minimum atomic E-state index is 0.378. The maximum absolute atomic E-state index is 6.33. The van der Waals surface area contributed by atoms with Gasteiger partial charge < -0.3 is 10.6 Å². The molecule has 0 bridgehead atoms. The molecule has 2 rings (SSSR count). The van der Waals surface area contributed by atoms with Crippen molar-refractivity contribution in [1.29, 1.82) is 0 Å². The average Bonchev–Trinajstić information content (AvgIpc) is 2.48. The molecule has 0 atom stereocenters. The first-order valence-electron chi connectivity index (χ1n) is 7.39. The van der Waals surface area contributed by atoms with Crippen molar-refractivity contribution in [2.45, 2.75) is 52.9 Å². The quantitative estimate of drug-likeness (QED) is 0.892. The molecule has 1 fully saturated rings. The molecule has 1 aromatic rings. The second-order valence-corrected chi connectivity index (χ2v) is 6.91. The summed E-state index contributed by atoms with van der Waals surface area (Å²) in [5.41, 5.74) is 8.68. The van der Waals surface area contributed by atoms with E-state index >= 15 is 0 Å². The highest BCUT2D eigenvalue weighted by molar-refractivity contribution is 5.67. The van der Waals surface area contributed by atoms with Crippen LogP contribution in [-0.4, -0.2) is 22.9 Å². The Bertz CT molecular complexity index is 445. The van der Waals surface area contributed by atoms with Gasteiger partial charge in [0, 0.05) is 20.1 Å². The smallest absolute Gasteiger partial charge is 0.150 e. The Morgan fingerprint density at radius 2 is 1.89 bits per heavy atom. The lowest BCUT2D eigenvalue weighted by atomic mass is 9.85. The summed E-state index contributed by atoms with van der Waals surface area (Å²) in [7, 11) is 2.01.